The van der Waals surface area contributed by atoms with Gasteiger partial charge in [0.15, 0.2) is 0 Å². The first-order chi connectivity index (χ1) is 13.0. The van der Waals surface area contributed by atoms with Crippen LogP contribution in [0.5, 0.6) is 0 Å². The van der Waals surface area contributed by atoms with Crippen molar-refractivity contribution in [3.05, 3.63) is 22.2 Å². The van der Waals surface area contributed by atoms with Crippen molar-refractivity contribution in [1.29, 1.82) is 0 Å². The molecule has 0 aromatic heterocycles. The normalized spacial score (nSPS) is 19.5. The molecule has 150 valence electrons. The summed E-state index contributed by atoms with van der Waals surface area (Å²) in [5, 5.41) is 2.88. The first-order valence-electron chi connectivity index (χ1n) is 9.52. The third-order valence-electron chi connectivity index (χ3n) is 5.02. The Morgan fingerprint density at radius 2 is 1.96 bits per heavy atom. The Balaban J connectivity index is 1.90. The molecule has 1 amide bonds. The molecular formula is C20H29BrN2O4. The second kappa shape index (κ2) is 10.7. The number of benzene rings is 1. The van der Waals surface area contributed by atoms with E-state index in [0.717, 1.165) is 51.7 Å². The first kappa shape index (κ1) is 21.7. The SMILES string of the molecule is CCCCOCC1CCC(C(=O)Nc2cc(C(=O)OC)c(Br)cc2N)CC1. The van der Waals surface area contributed by atoms with E-state index < -0.39 is 5.97 Å². The van der Waals surface area contributed by atoms with Crippen LogP contribution >= 0.6 is 15.9 Å². The number of nitrogen functional groups attached to an aromatic ring is 1. The molecule has 0 bridgehead atoms. The molecule has 1 fully saturated rings. The molecule has 6 nitrogen and oxygen atoms in total. The second-order valence-electron chi connectivity index (χ2n) is 7.05. The predicted molar refractivity (Wildman–Crippen MR) is 110 cm³/mol. The van der Waals surface area contributed by atoms with Gasteiger partial charge in [0.25, 0.3) is 0 Å². The molecule has 0 saturated heterocycles. The van der Waals surface area contributed by atoms with Crippen molar-refractivity contribution in [3.63, 3.8) is 0 Å². The lowest BCUT2D eigenvalue weighted by atomic mass is 9.82. The Morgan fingerprint density at radius 1 is 1.26 bits per heavy atom. The van der Waals surface area contributed by atoms with Crippen LogP contribution in [0.3, 0.4) is 0 Å². The van der Waals surface area contributed by atoms with E-state index in [2.05, 4.69) is 28.2 Å². The number of anilines is 2. The molecule has 1 aromatic carbocycles. The summed E-state index contributed by atoms with van der Waals surface area (Å²) in [6.07, 6.45) is 5.91. The summed E-state index contributed by atoms with van der Waals surface area (Å²) in [5.74, 6) is -0.0396. The maximum absolute atomic E-state index is 12.6. The summed E-state index contributed by atoms with van der Waals surface area (Å²) in [4.78, 5) is 24.5. The topological polar surface area (TPSA) is 90.6 Å². The second-order valence-corrected chi connectivity index (χ2v) is 7.90. The van der Waals surface area contributed by atoms with Crippen molar-refractivity contribution < 1.29 is 19.1 Å². The van der Waals surface area contributed by atoms with Gasteiger partial charge >= 0.3 is 5.97 Å². The van der Waals surface area contributed by atoms with Crippen LogP contribution in [0.2, 0.25) is 0 Å². The van der Waals surface area contributed by atoms with Crippen LogP contribution in [-0.2, 0) is 14.3 Å². The van der Waals surface area contributed by atoms with Gasteiger partial charge in [-0.1, -0.05) is 13.3 Å². The molecule has 3 N–H and O–H groups in total. The van der Waals surface area contributed by atoms with Crippen molar-refractivity contribution in [3.8, 4) is 0 Å². The van der Waals surface area contributed by atoms with Crippen LogP contribution in [0.25, 0.3) is 0 Å². The Hall–Kier alpha value is -1.60. The number of carbonyl (C=O) groups excluding carboxylic acids is 2. The van der Waals surface area contributed by atoms with E-state index in [0.29, 0.717) is 27.3 Å². The molecule has 0 aliphatic heterocycles. The number of hydrogen-bond acceptors (Lipinski definition) is 5. The summed E-state index contributed by atoms with van der Waals surface area (Å²) in [6, 6.07) is 3.16. The van der Waals surface area contributed by atoms with E-state index >= 15 is 0 Å². The van der Waals surface area contributed by atoms with Crippen LogP contribution in [0, 0.1) is 11.8 Å². The van der Waals surface area contributed by atoms with Gasteiger partial charge in [-0.25, -0.2) is 4.79 Å². The van der Waals surface area contributed by atoms with Gasteiger partial charge in [-0.3, -0.25) is 4.79 Å². The van der Waals surface area contributed by atoms with Gasteiger partial charge in [-0.15, -0.1) is 0 Å². The molecule has 1 saturated carbocycles. The van der Waals surface area contributed by atoms with E-state index in [-0.39, 0.29) is 11.8 Å². The maximum atomic E-state index is 12.6. The van der Waals surface area contributed by atoms with Gasteiger partial charge in [0, 0.05) is 23.6 Å². The molecule has 2 rings (SSSR count). The number of halogens is 1. The van der Waals surface area contributed by atoms with E-state index in [1.807, 2.05) is 0 Å². The molecule has 1 aliphatic rings. The Labute approximate surface area is 169 Å². The van der Waals surface area contributed by atoms with E-state index in [1.165, 1.54) is 7.11 Å². The van der Waals surface area contributed by atoms with Crippen LogP contribution in [0.4, 0.5) is 11.4 Å². The zero-order chi connectivity index (χ0) is 19.8. The Bertz CT molecular complexity index is 658. The highest BCUT2D eigenvalue weighted by atomic mass is 79.9. The van der Waals surface area contributed by atoms with E-state index in [1.54, 1.807) is 12.1 Å². The van der Waals surface area contributed by atoms with Crippen LogP contribution in [-0.4, -0.2) is 32.2 Å². The highest BCUT2D eigenvalue weighted by Gasteiger charge is 2.27. The zero-order valence-electron chi connectivity index (χ0n) is 16.1. The van der Waals surface area contributed by atoms with Gasteiger partial charge in [0.05, 0.1) is 24.0 Å². The smallest absolute Gasteiger partial charge is 0.339 e. The summed E-state index contributed by atoms with van der Waals surface area (Å²) in [6.45, 7) is 3.76. The first-order valence-corrected chi connectivity index (χ1v) is 10.3. The molecule has 7 heteroatoms. The van der Waals surface area contributed by atoms with Crippen molar-refractivity contribution in [2.45, 2.75) is 45.4 Å². The summed E-state index contributed by atoms with van der Waals surface area (Å²) < 4.78 is 11.0. The standard InChI is InChI=1S/C20H29BrN2O4/c1-3-4-9-27-12-13-5-7-14(8-6-13)19(24)23-18-10-15(20(25)26-2)16(21)11-17(18)22/h10-11,13-14H,3-9,12,22H2,1-2H3,(H,23,24). The van der Waals surface area contributed by atoms with E-state index in [9.17, 15) is 9.59 Å². The fraction of sp³-hybridized carbons (Fsp3) is 0.600. The number of carbonyl (C=O) groups is 2. The fourth-order valence-electron chi connectivity index (χ4n) is 3.29. The number of methoxy groups -OCH3 is 1. The van der Waals surface area contributed by atoms with E-state index in [4.69, 9.17) is 15.2 Å². The molecule has 0 unspecified atom stereocenters. The minimum absolute atomic E-state index is 0.0403. The average molecular weight is 441 g/mol. The maximum Gasteiger partial charge on any atom is 0.339 e. The number of nitrogens with two attached hydrogens (primary N) is 1. The summed E-state index contributed by atoms with van der Waals surface area (Å²) in [5.41, 5.74) is 7.17. The van der Waals surface area contributed by atoms with Gasteiger partial charge in [0.1, 0.15) is 0 Å². The number of unbranched alkanes of at least 4 members (excludes halogenated alkanes) is 1. The van der Waals surface area contributed by atoms with Gasteiger partial charge in [-0.2, -0.15) is 0 Å². The lowest BCUT2D eigenvalue weighted by molar-refractivity contribution is -0.121. The molecule has 27 heavy (non-hydrogen) atoms. The largest absolute Gasteiger partial charge is 0.465 e. The lowest BCUT2D eigenvalue weighted by Crippen LogP contribution is -2.29. The highest BCUT2D eigenvalue weighted by Crippen LogP contribution is 2.32. The monoisotopic (exact) mass is 440 g/mol. The number of ether oxygens (including phenoxy) is 2. The molecule has 0 spiro atoms. The minimum Gasteiger partial charge on any atom is -0.465 e. The third kappa shape index (κ3) is 6.21. The summed E-state index contributed by atoms with van der Waals surface area (Å²) in [7, 11) is 1.31. The van der Waals surface area contributed by atoms with Crippen molar-refractivity contribution in [2.24, 2.45) is 11.8 Å². The van der Waals surface area contributed by atoms with Crippen LogP contribution in [0.15, 0.2) is 16.6 Å². The number of hydrogen-bond donors (Lipinski definition) is 2. The van der Waals surface area contributed by atoms with Gasteiger partial charge in [0.2, 0.25) is 5.91 Å². The summed E-state index contributed by atoms with van der Waals surface area (Å²) >= 11 is 3.30. The molecule has 0 atom stereocenters. The molecule has 0 heterocycles. The third-order valence-corrected chi connectivity index (χ3v) is 5.67. The average Bonchev–Trinajstić information content (AvgIpc) is 2.67. The van der Waals surface area contributed by atoms with Crippen molar-refractivity contribution in [2.75, 3.05) is 31.4 Å². The number of rotatable bonds is 8. The Kier molecular flexibility index (Phi) is 8.57. The molecular weight excluding hydrogens is 412 g/mol. The zero-order valence-corrected chi connectivity index (χ0v) is 17.6. The van der Waals surface area contributed by atoms with Gasteiger partial charge in [-0.05, 0) is 66.1 Å². The quantitative estimate of drug-likeness (QED) is 0.355. The van der Waals surface area contributed by atoms with Crippen LogP contribution in [0.1, 0.15) is 55.8 Å². The Morgan fingerprint density at radius 3 is 2.59 bits per heavy atom. The molecule has 1 aromatic rings. The number of nitrogens with one attached hydrogen (secondary N) is 1. The predicted octanol–water partition coefficient (Wildman–Crippen LogP) is 4.38. The van der Waals surface area contributed by atoms with Crippen LogP contribution < -0.4 is 11.1 Å². The molecule has 1 aliphatic carbocycles. The van der Waals surface area contributed by atoms with Crippen molar-refractivity contribution in [1.82, 2.24) is 0 Å². The van der Waals surface area contributed by atoms with Gasteiger partial charge < -0.3 is 20.5 Å². The molecule has 0 radical (unpaired) electrons. The highest BCUT2D eigenvalue weighted by molar-refractivity contribution is 9.10. The fourth-order valence-corrected chi connectivity index (χ4v) is 3.81. The minimum atomic E-state index is -0.485. The van der Waals surface area contributed by atoms with Crippen molar-refractivity contribution >= 4 is 39.2 Å². The number of amides is 1. The number of esters is 1. The lowest BCUT2D eigenvalue weighted by Gasteiger charge is -2.27.